The molecule has 6 heteroatoms. The molecular formula is C16H19ClN2O2S. The van der Waals surface area contributed by atoms with Crippen molar-refractivity contribution in [2.75, 3.05) is 5.73 Å². The Kier molecular flexibility index (Phi) is 5.11. The first-order valence-corrected chi connectivity index (χ1v) is 8.75. The van der Waals surface area contributed by atoms with Gasteiger partial charge in [-0.05, 0) is 37.6 Å². The van der Waals surface area contributed by atoms with Crippen molar-refractivity contribution in [1.82, 2.24) is 4.31 Å². The topological polar surface area (TPSA) is 63.4 Å². The maximum Gasteiger partial charge on any atom is 0.243 e. The molecule has 0 aliphatic rings. The number of rotatable bonds is 5. The van der Waals surface area contributed by atoms with Gasteiger partial charge >= 0.3 is 0 Å². The average molecular weight is 339 g/mol. The van der Waals surface area contributed by atoms with Gasteiger partial charge in [0.2, 0.25) is 10.0 Å². The van der Waals surface area contributed by atoms with Crippen molar-refractivity contribution in [2.45, 2.75) is 31.3 Å². The van der Waals surface area contributed by atoms with Crippen LogP contribution in [0, 0.1) is 0 Å². The highest BCUT2D eigenvalue weighted by Crippen LogP contribution is 2.26. The highest BCUT2D eigenvalue weighted by atomic mass is 35.5. The van der Waals surface area contributed by atoms with E-state index in [4.69, 9.17) is 17.3 Å². The highest BCUT2D eigenvalue weighted by Gasteiger charge is 2.27. The van der Waals surface area contributed by atoms with Crippen LogP contribution in [0.4, 0.5) is 5.69 Å². The molecule has 0 atom stereocenters. The van der Waals surface area contributed by atoms with Crippen LogP contribution < -0.4 is 5.73 Å². The minimum absolute atomic E-state index is 0.152. The van der Waals surface area contributed by atoms with Crippen LogP contribution in [-0.2, 0) is 16.6 Å². The molecular weight excluding hydrogens is 320 g/mol. The predicted molar refractivity (Wildman–Crippen MR) is 90.2 cm³/mol. The van der Waals surface area contributed by atoms with Gasteiger partial charge in [0.1, 0.15) is 0 Å². The number of nitrogen functional groups attached to an aromatic ring is 1. The first kappa shape index (κ1) is 16.8. The molecule has 118 valence electrons. The first-order chi connectivity index (χ1) is 10.3. The molecule has 0 heterocycles. The number of benzene rings is 2. The molecule has 0 aliphatic carbocycles. The van der Waals surface area contributed by atoms with Gasteiger partial charge in [-0.3, -0.25) is 0 Å². The smallest absolute Gasteiger partial charge is 0.243 e. The third-order valence-corrected chi connectivity index (χ3v) is 5.69. The van der Waals surface area contributed by atoms with E-state index < -0.39 is 10.0 Å². The Labute approximate surface area is 136 Å². The quantitative estimate of drug-likeness (QED) is 0.848. The molecule has 2 rings (SSSR count). The van der Waals surface area contributed by atoms with E-state index in [0.717, 1.165) is 5.56 Å². The van der Waals surface area contributed by atoms with Crippen LogP contribution in [0.2, 0.25) is 5.02 Å². The van der Waals surface area contributed by atoms with Crippen molar-refractivity contribution in [3.8, 4) is 0 Å². The van der Waals surface area contributed by atoms with E-state index >= 15 is 0 Å². The number of hydrogen-bond acceptors (Lipinski definition) is 3. The monoisotopic (exact) mass is 338 g/mol. The Bertz CT molecular complexity index is 746. The van der Waals surface area contributed by atoms with Crippen LogP contribution in [-0.4, -0.2) is 18.8 Å². The van der Waals surface area contributed by atoms with E-state index in [2.05, 4.69) is 0 Å². The van der Waals surface area contributed by atoms with Crippen molar-refractivity contribution in [3.63, 3.8) is 0 Å². The van der Waals surface area contributed by atoms with Crippen LogP contribution in [0.25, 0.3) is 0 Å². The lowest BCUT2D eigenvalue weighted by Crippen LogP contribution is -2.36. The van der Waals surface area contributed by atoms with Crippen LogP contribution in [0.1, 0.15) is 19.4 Å². The van der Waals surface area contributed by atoms with Crippen molar-refractivity contribution in [1.29, 1.82) is 0 Å². The van der Waals surface area contributed by atoms with Crippen LogP contribution in [0.5, 0.6) is 0 Å². The second-order valence-corrected chi connectivity index (χ2v) is 7.61. The first-order valence-electron chi connectivity index (χ1n) is 6.93. The van der Waals surface area contributed by atoms with Crippen LogP contribution in [0.3, 0.4) is 0 Å². The molecule has 2 aromatic rings. The fraction of sp³-hybridized carbons (Fsp3) is 0.250. The van der Waals surface area contributed by atoms with Gasteiger partial charge in [-0.1, -0.05) is 41.9 Å². The van der Waals surface area contributed by atoms with Gasteiger partial charge < -0.3 is 5.73 Å². The van der Waals surface area contributed by atoms with E-state index in [1.807, 2.05) is 44.2 Å². The van der Waals surface area contributed by atoms with Gasteiger partial charge in [-0.15, -0.1) is 0 Å². The minimum atomic E-state index is -3.64. The number of anilines is 1. The summed E-state index contributed by atoms with van der Waals surface area (Å²) in [5, 5.41) is 0.345. The second kappa shape index (κ2) is 6.69. The second-order valence-electron chi connectivity index (χ2n) is 5.31. The summed E-state index contributed by atoms with van der Waals surface area (Å²) in [6.07, 6.45) is 0. The zero-order valence-corrected chi connectivity index (χ0v) is 14.1. The van der Waals surface area contributed by atoms with Gasteiger partial charge in [0.15, 0.2) is 0 Å². The van der Waals surface area contributed by atoms with Crippen molar-refractivity contribution >= 4 is 27.3 Å². The number of nitrogens with zero attached hydrogens (tertiary/aromatic N) is 1. The number of halogens is 1. The van der Waals surface area contributed by atoms with Gasteiger partial charge in [0.05, 0.1) is 15.6 Å². The lowest BCUT2D eigenvalue weighted by molar-refractivity contribution is 0.348. The van der Waals surface area contributed by atoms with Gasteiger partial charge in [0, 0.05) is 12.6 Å². The molecule has 2 N–H and O–H groups in total. The summed E-state index contributed by atoms with van der Waals surface area (Å²) in [7, 11) is -3.64. The van der Waals surface area contributed by atoms with Crippen LogP contribution in [0.15, 0.2) is 53.4 Å². The molecule has 0 spiro atoms. The third-order valence-electron chi connectivity index (χ3n) is 3.33. The van der Waals surface area contributed by atoms with Gasteiger partial charge in [-0.25, -0.2) is 8.42 Å². The van der Waals surface area contributed by atoms with E-state index in [9.17, 15) is 8.42 Å². The van der Waals surface area contributed by atoms with E-state index in [0.29, 0.717) is 11.6 Å². The molecule has 2 aromatic carbocycles. The maximum absolute atomic E-state index is 12.9. The third kappa shape index (κ3) is 3.61. The average Bonchev–Trinajstić information content (AvgIpc) is 2.48. The summed E-state index contributed by atoms with van der Waals surface area (Å²) in [5.41, 5.74) is 6.92. The molecule has 0 bridgehead atoms. The summed E-state index contributed by atoms with van der Waals surface area (Å²) in [5.74, 6) is 0. The van der Waals surface area contributed by atoms with E-state index in [1.54, 1.807) is 0 Å². The summed E-state index contributed by atoms with van der Waals surface area (Å²) in [6.45, 7) is 4.00. The normalized spacial score (nSPS) is 12.0. The Hall–Kier alpha value is -1.56. The summed E-state index contributed by atoms with van der Waals surface area (Å²) in [4.78, 5) is 0.152. The maximum atomic E-state index is 12.9. The Morgan fingerprint density at radius 1 is 1.14 bits per heavy atom. The zero-order valence-electron chi connectivity index (χ0n) is 12.5. The largest absolute Gasteiger partial charge is 0.397 e. The predicted octanol–water partition coefficient (Wildman–Crippen LogP) is 3.52. The molecule has 0 aromatic heterocycles. The molecule has 0 fully saturated rings. The van der Waals surface area contributed by atoms with Gasteiger partial charge in [0.25, 0.3) is 0 Å². The zero-order chi connectivity index (χ0) is 16.3. The van der Waals surface area contributed by atoms with Crippen molar-refractivity contribution in [3.05, 3.63) is 59.1 Å². The SMILES string of the molecule is CC(C)N(Cc1ccccc1)S(=O)(=O)c1ccc(Cl)c(N)c1. The molecule has 0 aliphatic heterocycles. The van der Waals surface area contributed by atoms with Crippen LogP contribution >= 0.6 is 11.6 Å². The van der Waals surface area contributed by atoms with Crippen molar-refractivity contribution < 1.29 is 8.42 Å². The lowest BCUT2D eigenvalue weighted by Gasteiger charge is -2.26. The lowest BCUT2D eigenvalue weighted by atomic mass is 10.2. The molecule has 0 amide bonds. The molecule has 0 saturated carbocycles. The van der Waals surface area contributed by atoms with E-state index in [-0.39, 0.29) is 16.6 Å². The highest BCUT2D eigenvalue weighted by molar-refractivity contribution is 7.89. The molecule has 0 saturated heterocycles. The van der Waals surface area contributed by atoms with E-state index in [1.165, 1.54) is 22.5 Å². The van der Waals surface area contributed by atoms with Gasteiger partial charge in [-0.2, -0.15) is 4.31 Å². The fourth-order valence-corrected chi connectivity index (χ4v) is 3.90. The number of sulfonamides is 1. The Morgan fingerprint density at radius 3 is 2.32 bits per heavy atom. The summed E-state index contributed by atoms with van der Waals surface area (Å²) < 4.78 is 27.2. The van der Waals surface area contributed by atoms with Crippen molar-refractivity contribution in [2.24, 2.45) is 0 Å². The Balaban J connectivity index is 2.40. The number of hydrogen-bond donors (Lipinski definition) is 1. The number of nitrogens with two attached hydrogens (primary N) is 1. The minimum Gasteiger partial charge on any atom is -0.397 e. The molecule has 0 unspecified atom stereocenters. The molecule has 0 radical (unpaired) electrons. The summed E-state index contributed by atoms with van der Waals surface area (Å²) in [6, 6.07) is 13.7. The summed E-state index contributed by atoms with van der Waals surface area (Å²) >= 11 is 5.87. The standard InChI is InChI=1S/C16H19ClN2O2S/c1-12(2)19(11-13-6-4-3-5-7-13)22(20,21)14-8-9-15(17)16(18)10-14/h3-10,12H,11,18H2,1-2H3. The molecule has 22 heavy (non-hydrogen) atoms. The Morgan fingerprint density at radius 2 is 1.77 bits per heavy atom. The molecule has 4 nitrogen and oxygen atoms in total. The fourth-order valence-electron chi connectivity index (χ4n) is 2.13.